The molecule has 0 atom stereocenters. The third-order valence-electron chi connectivity index (χ3n) is 3.35. The zero-order chi connectivity index (χ0) is 16.9. The zero-order valence-electron chi connectivity index (χ0n) is 12.8. The van der Waals surface area contributed by atoms with Gasteiger partial charge in [0, 0.05) is 18.1 Å². The van der Waals surface area contributed by atoms with Crippen molar-refractivity contribution in [2.24, 2.45) is 0 Å². The van der Waals surface area contributed by atoms with Gasteiger partial charge in [-0.1, -0.05) is 28.9 Å². The summed E-state index contributed by atoms with van der Waals surface area (Å²) in [6, 6.07) is 10.5. The highest BCUT2D eigenvalue weighted by Crippen LogP contribution is 2.25. The predicted molar refractivity (Wildman–Crippen MR) is 89.2 cm³/mol. The van der Waals surface area contributed by atoms with E-state index in [0.29, 0.717) is 27.8 Å². The molecule has 0 bridgehead atoms. The Morgan fingerprint density at radius 2 is 2.00 bits per heavy atom. The Balaban J connectivity index is 1.76. The van der Waals surface area contributed by atoms with E-state index in [1.54, 1.807) is 43.6 Å². The number of pyridine rings is 1. The normalized spacial score (nSPS) is 10.4. The van der Waals surface area contributed by atoms with Crippen molar-refractivity contribution < 1.29 is 14.1 Å². The quantitative estimate of drug-likeness (QED) is 0.761. The molecule has 1 aromatic carbocycles. The molecule has 0 saturated carbocycles. The van der Waals surface area contributed by atoms with Crippen LogP contribution in [0.4, 0.5) is 5.69 Å². The number of hydrogen-bond donors (Lipinski definition) is 1. The van der Waals surface area contributed by atoms with Crippen molar-refractivity contribution in [3.05, 3.63) is 70.8 Å². The molecule has 24 heavy (non-hydrogen) atoms. The lowest BCUT2D eigenvalue weighted by Crippen LogP contribution is -2.15. The fourth-order valence-electron chi connectivity index (χ4n) is 2.08. The minimum atomic E-state index is -0.379. The van der Waals surface area contributed by atoms with Crippen molar-refractivity contribution in [1.29, 1.82) is 0 Å². The van der Waals surface area contributed by atoms with Crippen LogP contribution < -0.4 is 10.1 Å². The molecule has 0 saturated heterocycles. The van der Waals surface area contributed by atoms with Gasteiger partial charge in [0.25, 0.3) is 5.91 Å². The standard InChI is InChI=1S/C17H14ClN3O3/c1-11-13(10-23-15-5-3-2-4-14(15)18)16(21-24-11)17(22)20-12-6-8-19-9-7-12/h2-9H,10H2,1H3,(H,19,20,22). The van der Waals surface area contributed by atoms with Gasteiger partial charge in [0.1, 0.15) is 18.1 Å². The van der Waals surface area contributed by atoms with Crippen molar-refractivity contribution >= 4 is 23.2 Å². The van der Waals surface area contributed by atoms with E-state index in [9.17, 15) is 4.79 Å². The maximum absolute atomic E-state index is 12.4. The average Bonchev–Trinajstić information content (AvgIpc) is 2.96. The number of carbonyl (C=O) groups excluding carboxylic acids is 1. The van der Waals surface area contributed by atoms with E-state index in [4.69, 9.17) is 20.9 Å². The Kier molecular flexibility index (Phi) is 4.77. The first kappa shape index (κ1) is 16.0. The number of rotatable bonds is 5. The van der Waals surface area contributed by atoms with Crippen molar-refractivity contribution in [1.82, 2.24) is 10.1 Å². The van der Waals surface area contributed by atoms with E-state index in [2.05, 4.69) is 15.5 Å². The largest absolute Gasteiger partial charge is 0.487 e. The maximum Gasteiger partial charge on any atom is 0.278 e. The summed E-state index contributed by atoms with van der Waals surface area (Å²) in [5.41, 5.74) is 1.37. The van der Waals surface area contributed by atoms with Gasteiger partial charge < -0.3 is 14.6 Å². The van der Waals surface area contributed by atoms with Gasteiger partial charge in [-0.3, -0.25) is 9.78 Å². The van der Waals surface area contributed by atoms with Crippen LogP contribution in [0.2, 0.25) is 5.02 Å². The number of para-hydroxylation sites is 1. The smallest absolute Gasteiger partial charge is 0.278 e. The van der Waals surface area contributed by atoms with Crippen molar-refractivity contribution in [2.45, 2.75) is 13.5 Å². The van der Waals surface area contributed by atoms with Gasteiger partial charge >= 0.3 is 0 Å². The molecule has 0 aliphatic rings. The highest BCUT2D eigenvalue weighted by atomic mass is 35.5. The molecule has 0 fully saturated rings. The highest BCUT2D eigenvalue weighted by molar-refractivity contribution is 6.32. The number of anilines is 1. The summed E-state index contributed by atoms with van der Waals surface area (Å²) in [5.74, 6) is 0.665. The monoisotopic (exact) mass is 343 g/mol. The Hall–Kier alpha value is -2.86. The second-order valence-corrected chi connectivity index (χ2v) is 5.38. The molecule has 6 nitrogen and oxygen atoms in total. The van der Waals surface area contributed by atoms with E-state index < -0.39 is 0 Å². The third kappa shape index (κ3) is 3.55. The molecule has 0 unspecified atom stereocenters. The van der Waals surface area contributed by atoms with Gasteiger partial charge in [-0.15, -0.1) is 0 Å². The number of halogens is 1. The Labute approximate surface area is 143 Å². The molecule has 122 valence electrons. The second kappa shape index (κ2) is 7.14. The van der Waals surface area contributed by atoms with Crippen molar-refractivity contribution in [3.8, 4) is 5.75 Å². The van der Waals surface area contributed by atoms with Gasteiger partial charge in [0.05, 0.1) is 10.6 Å². The zero-order valence-corrected chi connectivity index (χ0v) is 13.6. The van der Waals surface area contributed by atoms with E-state index in [1.807, 2.05) is 12.1 Å². The fourth-order valence-corrected chi connectivity index (χ4v) is 2.27. The van der Waals surface area contributed by atoms with Gasteiger partial charge in [0.15, 0.2) is 5.69 Å². The van der Waals surface area contributed by atoms with Crippen molar-refractivity contribution in [2.75, 3.05) is 5.32 Å². The number of hydrogen-bond acceptors (Lipinski definition) is 5. The molecule has 2 aromatic heterocycles. The molecule has 1 N–H and O–H groups in total. The third-order valence-corrected chi connectivity index (χ3v) is 3.66. The van der Waals surface area contributed by atoms with Crippen LogP contribution in [-0.2, 0) is 6.61 Å². The first-order chi connectivity index (χ1) is 11.6. The summed E-state index contributed by atoms with van der Waals surface area (Å²) in [7, 11) is 0. The summed E-state index contributed by atoms with van der Waals surface area (Å²) >= 11 is 6.06. The molecular formula is C17H14ClN3O3. The SMILES string of the molecule is Cc1onc(C(=O)Nc2ccncc2)c1COc1ccccc1Cl. The number of carbonyl (C=O) groups is 1. The summed E-state index contributed by atoms with van der Waals surface area (Å²) in [6.07, 6.45) is 3.18. The Morgan fingerprint density at radius 3 is 2.75 bits per heavy atom. The lowest BCUT2D eigenvalue weighted by Gasteiger charge is -2.08. The molecule has 0 radical (unpaired) electrons. The van der Waals surface area contributed by atoms with E-state index >= 15 is 0 Å². The van der Waals surface area contributed by atoms with Crippen LogP contribution in [0.3, 0.4) is 0 Å². The van der Waals surface area contributed by atoms with Crippen LogP contribution in [0.15, 0.2) is 53.3 Å². The number of aryl methyl sites for hydroxylation is 1. The number of nitrogens with zero attached hydrogens (tertiary/aromatic N) is 2. The lowest BCUT2D eigenvalue weighted by molar-refractivity contribution is 0.101. The first-order valence-corrected chi connectivity index (χ1v) is 7.57. The average molecular weight is 344 g/mol. The number of nitrogens with one attached hydrogen (secondary N) is 1. The molecule has 0 aliphatic carbocycles. The summed E-state index contributed by atoms with van der Waals surface area (Å²) in [5, 5.41) is 7.06. The van der Waals surface area contributed by atoms with Gasteiger partial charge in [0.2, 0.25) is 0 Å². The molecule has 0 aliphatic heterocycles. The number of amides is 1. The minimum absolute atomic E-state index is 0.123. The van der Waals surface area contributed by atoms with Crippen LogP contribution >= 0.6 is 11.6 Å². The minimum Gasteiger partial charge on any atom is -0.487 e. The van der Waals surface area contributed by atoms with Gasteiger partial charge in [-0.2, -0.15) is 0 Å². The Morgan fingerprint density at radius 1 is 1.25 bits per heavy atom. The predicted octanol–water partition coefficient (Wildman–Crippen LogP) is 3.86. The van der Waals surface area contributed by atoms with Gasteiger partial charge in [-0.25, -0.2) is 0 Å². The summed E-state index contributed by atoms with van der Waals surface area (Å²) in [4.78, 5) is 16.3. The summed E-state index contributed by atoms with van der Waals surface area (Å²) < 4.78 is 10.8. The molecule has 3 rings (SSSR count). The molecule has 2 heterocycles. The van der Waals surface area contributed by atoms with Crippen LogP contribution in [0.1, 0.15) is 21.8 Å². The van der Waals surface area contributed by atoms with Gasteiger partial charge in [-0.05, 0) is 31.2 Å². The molecule has 1 amide bonds. The number of benzene rings is 1. The molecular weight excluding hydrogens is 330 g/mol. The Bertz CT molecular complexity index is 849. The lowest BCUT2D eigenvalue weighted by atomic mass is 10.2. The number of aromatic nitrogens is 2. The van der Waals surface area contributed by atoms with Crippen LogP contribution in [0.25, 0.3) is 0 Å². The maximum atomic E-state index is 12.4. The second-order valence-electron chi connectivity index (χ2n) is 4.98. The van der Waals surface area contributed by atoms with Crippen LogP contribution in [0.5, 0.6) is 5.75 Å². The molecule has 0 spiro atoms. The molecule has 3 aromatic rings. The summed E-state index contributed by atoms with van der Waals surface area (Å²) in [6.45, 7) is 1.85. The fraction of sp³-hybridized carbons (Fsp3) is 0.118. The van der Waals surface area contributed by atoms with E-state index in [0.717, 1.165) is 0 Å². The highest BCUT2D eigenvalue weighted by Gasteiger charge is 2.20. The number of ether oxygens (including phenoxy) is 1. The van der Waals surface area contributed by atoms with E-state index in [1.165, 1.54) is 0 Å². The van der Waals surface area contributed by atoms with Crippen LogP contribution in [0, 0.1) is 6.92 Å². The first-order valence-electron chi connectivity index (χ1n) is 7.19. The molecule has 7 heteroatoms. The van der Waals surface area contributed by atoms with Crippen LogP contribution in [-0.4, -0.2) is 16.0 Å². The van der Waals surface area contributed by atoms with E-state index in [-0.39, 0.29) is 18.2 Å². The van der Waals surface area contributed by atoms with Crippen molar-refractivity contribution in [3.63, 3.8) is 0 Å². The topological polar surface area (TPSA) is 77.3 Å².